The van der Waals surface area contributed by atoms with Crippen LogP contribution in [0.15, 0.2) is 0 Å². The molecule has 20 heavy (non-hydrogen) atoms. The van der Waals surface area contributed by atoms with E-state index in [1.54, 1.807) is 0 Å². The number of hydrogen-bond donors (Lipinski definition) is 1. The minimum atomic E-state index is 0.189. The van der Waals surface area contributed by atoms with Crippen molar-refractivity contribution in [3.8, 4) is 0 Å². The van der Waals surface area contributed by atoms with E-state index in [9.17, 15) is 4.79 Å². The van der Waals surface area contributed by atoms with Gasteiger partial charge < -0.3 is 4.90 Å². The molecule has 0 aromatic carbocycles. The molecule has 0 bridgehead atoms. The van der Waals surface area contributed by atoms with Crippen molar-refractivity contribution < 1.29 is 4.79 Å². The molecule has 1 aromatic rings. The molecule has 0 unspecified atom stereocenters. The highest BCUT2D eigenvalue weighted by Gasteiger charge is 2.30. The molecule has 0 aliphatic carbocycles. The number of H-pyrrole nitrogens is 1. The predicted octanol–water partition coefficient (Wildman–Crippen LogP) is 2.12. The second-order valence-corrected chi connectivity index (χ2v) is 5.67. The van der Waals surface area contributed by atoms with E-state index in [0.717, 1.165) is 57.4 Å². The molecule has 1 aliphatic heterocycles. The van der Waals surface area contributed by atoms with Crippen LogP contribution < -0.4 is 0 Å². The molecule has 1 amide bonds. The number of aromatic amines is 1. The van der Waals surface area contributed by atoms with Crippen molar-refractivity contribution in [1.82, 2.24) is 25.5 Å². The molecular formula is C14H25N5O. The maximum Gasteiger partial charge on any atom is 0.225 e. The summed E-state index contributed by atoms with van der Waals surface area (Å²) in [5.41, 5.74) is 0. The molecule has 1 aromatic heterocycles. The Hall–Kier alpha value is -1.46. The predicted molar refractivity (Wildman–Crippen MR) is 76.0 cm³/mol. The fourth-order valence-corrected chi connectivity index (χ4v) is 3.08. The Bertz CT molecular complexity index is 400. The van der Waals surface area contributed by atoms with Crippen molar-refractivity contribution in [3.63, 3.8) is 0 Å². The average Bonchev–Trinajstić information content (AvgIpc) is 3.01. The number of rotatable bonds is 6. The minimum absolute atomic E-state index is 0.189. The maximum atomic E-state index is 12.7. The summed E-state index contributed by atoms with van der Waals surface area (Å²) in [4.78, 5) is 14.7. The van der Waals surface area contributed by atoms with Gasteiger partial charge in [-0.15, -0.1) is 10.2 Å². The first kappa shape index (κ1) is 14.9. The lowest BCUT2D eigenvalue weighted by atomic mass is 9.92. The van der Waals surface area contributed by atoms with Gasteiger partial charge in [0, 0.05) is 24.9 Å². The van der Waals surface area contributed by atoms with E-state index in [2.05, 4.69) is 34.5 Å². The van der Waals surface area contributed by atoms with Gasteiger partial charge in [0.25, 0.3) is 0 Å². The van der Waals surface area contributed by atoms with Crippen LogP contribution in [-0.4, -0.2) is 44.5 Å². The van der Waals surface area contributed by atoms with Crippen LogP contribution in [0.5, 0.6) is 0 Å². The molecule has 0 saturated carbocycles. The van der Waals surface area contributed by atoms with Crippen molar-refractivity contribution in [3.05, 3.63) is 5.82 Å². The van der Waals surface area contributed by atoms with Gasteiger partial charge >= 0.3 is 0 Å². The molecule has 1 atom stereocenters. The van der Waals surface area contributed by atoms with E-state index in [4.69, 9.17) is 0 Å². The van der Waals surface area contributed by atoms with Crippen molar-refractivity contribution in [2.75, 3.05) is 13.1 Å². The Labute approximate surface area is 120 Å². The van der Waals surface area contributed by atoms with E-state index < -0.39 is 0 Å². The Morgan fingerprint density at radius 1 is 1.40 bits per heavy atom. The Morgan fingerprint density at radius 3 is 2.75 bits per heavy atom. The number of nitrogens with zero attached hydrogens (tertiary/aromatic N) is 4. The average molecular weight is 279 g/mol. The van der Waals surface area contributed by atoms with Crippen LogP contribution in [0.1, 0.15) is 64.1 Å². The number of tetrazole rings is 1. The highest BCUT2D eigenvalue weighted by atomic mass is 16.2. The summed E-state index contributed by atoms with van der Waals surface area (Å²) in [6.07, 6.45) is 6.19. The Balaban J connectivity index is 1.98. The van der Waals surface area contributed by atoms with Crippen LogP contribution in [0.25, 0.3) is 0 Å². The van der Waals surface area contributed by atoms with Gasteiger partial charge in [0.15, 0.2) is 5.82 Å². The normalized spacial score (nSPS) is 19.6. The van der Waals surface area contributed by atoms with Crippen molar-refractivity contribution >= 4 is 5.91 Å². The van der Waals surface area contributed by atoms with Crippen LogP contribution >= 0.6 is 0 Å². The molecular weight excluding hydrogens is 254 g/mol. The van der Waals surface area contributed by atoms with Crippen LogP contribution in [-0.2, 0) is 4.79 Å². The van der Waals surface area contributed by atoms with E-state index in [-0.39, 0.29) is 11.8 Å². The third kappa shape index (κ3) is 3.55. The smallest absolute Gasteiger partial charge is 0.225 e. The molecule has 2 heterocycles. The molecule has 0 spiro atoms. The quantitative estimate of drug-likeness (QED) is 0.865. The number of nitrogens with one attached hydrogen (secondary N) is 1. The molecule has 2 rings (SSSR count). The summed E-state index contributed by atoms with van der Waals surface area (Å²) in [6.45, 7) is 5.90. The third-order valence-electron chi connectivity index (χ3n) is 4.08. The zero-order chi connectivity index (χ0) is 14.4. The fourth-order valence-electron chi connectivity index (χ4n) is 3.08. The minimum Gasteiger partial charge on any atom is -0.342 e. The van der Waals surface area contributed by atoms with E-state index >= 15 is 0 Å². The molecule has 0 radical (unpaired) electrons. The van der Waals surface area contributed by atoms with Gasteiger partial charge in [-0.3, -0.25) is 4.79 Å². The van der Waals surface area contributed by atoms with Crippen LogP contribution in [0, 0.1) is 5.92 Å². The number of carbonyl (C=O) groups excluding carboxylic acids is 1. The van der Waals surface area contributed by atoms with E-state index in [1.165, 1.54) is 0 Å². The second-order valence-electron chi connectivity index (χ2n) is 5.67. The van der Waals surface area contributed by atoms with Crippen molar-refractivity contribution in [1.29, 1.82) is 0 Å². The van der Waals surface area contributed by atoms with Crippen molar-refractivity contribution in [2.24, 2.45) is 5.92 Å². The Kier molecular flexibility index (Phi) is 5.49. The number of likely N-dealkylation sites (tertiary alicyclic amines) is 1. The summed E-state index contributed by atoms with van der Waals surface area (Å²) in [5.74, 6) is 1.48. The first-order valence-corrected chi connectivity index (χ1v) is 7.78. The maximum absolute atomic E-state index is 12.7. The van der Waals surface area contributed by atoms with Crippen LogP contribution in [0.2, 0.25) is 0 Å². The molecule has 112 valence electrons. The molecule has 6 nitrogen and oxygen atoms in total. The van der Waals surface area contributed by atoms with Gasteiger partial charge in [-0.05, 0) is 25.7 Å². The van der Waals surface area contributed by atoms with Gasteiger partial charge in [-0.1, -0.05) is 31.9 Å². The summed E-state index contributed by atoms with van der Waals surface area (Å²) in [7, 11) is 0. The third-order valence-corrected chi connectivity index (χ3v) is 4.08. The summed E-state index contributed by atoms with van der Waals surface area (Å²) >= 11 is 0. The Morgan fingerprint density at radius 2 is 2.15 bits per heavy atom. The SMILES string of the molecule is CCCC(CCC)C(=O)N1CCC[C@@H](c2nn[nH]n2)C1. The first-order chi connectivity index (χ1) is 9.76. The van der Waals surface area contributed by atoms with E-state index in [0.29, 0.717) is 5.91 Å². The number of hydrogen-bond acceptors (Lipinski definition) is 4. The zero-order valence-corrected chi connectivity index (χ0v) is 12.5. The van der Waals surface area contributed by atoms with Gasteiger partial charge in [-0.25, -0.2) is 0 Å². The summed E-state index contributed by atoms with van der Waals surface area (Å²) in [6, 6.07) is 0. The highest BCUT2D eigenvalue weighted by Crippen LogP contribution is 2.26. The number of aromatic nitrogens is 4. The zero-order valence-electron chi connectivity index (χ0n) is 12.5. The second kappa shape index (κ2) is 7.36. The van der Waals surface area contributed by atoms with Gasteiger partial charge in [-0.2, -0.15) is 5.21 Å². The lowest BCUT2D eigenvalue weighted by molar-refractivity contribution is -0.137. The fraction of sp³-hybridized carbons (Fsp3) is 0.857. The molecule has 1 saturated heterocycles. The van der Waals surface area contributed by atoms with Gasteiger partial charge in [0.05, 0.1) is 0 Å². The van der Waals surface area contributed by atoms with Gasteiger partial charge in [0.2, 0.25) is 5.91 Å². The summed E-state index contributed by atoms with van der Waals surface area (Å²) in [5, 5.41) is 14.3. The van der Waals surface area contributed by atoms with Crippen LogP contribution in [0.3, 0.4) is 0 Å². The number of amides is 1. The molecule has 1 N–H and O–H groups in total. The number of piperidine rings is 1. The molecule has 1 fully saturated rings. The lowest BCUT2D eigenvalue weighted by Gasteiger charge is -2.33. The summed E-state index contributed by atoms with van der Waals surface area (Å²) < 4.78 is 0. The first-order valence-electron chi connectivity index (χ1n) is 7.78. The van der Waals surface area contributed by atoms with E-state index in [1.807, 2.05) is 4.90 Å². The lowest BCUT2D eigenvalue weighted by Crippen LogP contribution is -2.42. The van der Waals surface area contributed by atoms with Gasteiger partial charge in [0.1, 0.15) is 0 Å². The monoisotopic (exact) mass is 279 g/mol. The molecule has 1 aliphatic rings. The van der Waals surface area contributed by atoms with Crippen LogP contribution in [0.4, 0.5) is 0 Å². The number of carbonyl (C=O) groups is 1. The topological polar surface area (TPSA) is 74.8 Å². The highest BCUT2D eigenvalue weighted by molar-refractivity contribution is 5.79. The largest absolute Gasteiger partial charge is 0.342 e. The standard InChI is InChI=1S/C14H25N5O/c1-3-6-11(7-4-2)14(20)19-9-5-8-12(10-19)13-15-17-18-16-13/h11-12H,3-10H2,1-2H3,(H,15,16,17,18)/t12-/m1/s1. The molecule has 6 heteroatoms. The van der Waals surface area contributed by atoms with Crippen molar-refractivity contribution in [2.45, 2.75) is 58.3 Å².